The third-order valence-corrected chi connectivity index (χ3v) is 4.52. The summed E-state index contributed by atoms with van der Waals surface area (Å²) in [5.41, 5.74) is -3.74. The van der Waals surface area contributed by atoms with E-state index in [0.29, 0.717) is 0 Å². The van der Waals surface area contributed by atoms with Crippen LogP contribution in [0.4, 0.5) is 26.3 Å². The lowest BCUT2D eigenvalue weighted by Gasteiger charge is -2.12. The van der Waals surface area contributed by atoms with Crippen LogP contribution in [0.3, 0.4) is 0 Å². The van der Waals surface area contributed by atoms with E-state index in [-0.39, 0.29) is 22.0 Å². The van der Waals surface area contributed by atoms with Gasteiger partial charge in [-0.25, -0.2) is 14.8 Å². The van der Waals surface area contributed by atoms with Crippen molar-refractivity contribution >= 4 is 27.8 Å². The zero-order valence-corrected chi connectivity index (χ0v) is 15.6. The summed E-state index contributed by atoms with van der Waals surface area (Å²) in [5.74, 6) is -2.40. The highest BCUT2D eigenvalue weighted by Gasteiger charge is 2.34. The lowest BCUT2D eigenvalue weighted by Crippen LogP contribution is -2.12. The first kappa shape index (κ1) is 21.3. The van der Waals surface area contributed by atoms with Crippen LogP contribution in [-0.2, 0) is 12.4 Å². The second-order valence-electron chi connectivity index (χ2n) is 6.64. The van der Waals surface area contributed by atoms with Gasteiger partial charge < -0.3 is 9.84 Å². The number of pyridine rings is 2. The summed E-state index contributed by atoms with van der Waals surface area (Å²) in [7, 11) is 0. The van der Waals surface area contributed by atoms with E-state index in [4.69, 9.17) is 4.74 Å². The Kier molecular flexibility index (Phi) is 4.91. The number of aromatic hydroxyl groups is 1. The highest BCUT2D eigenvalue weighted by Crippen LogP contribution is 2.35. The van der Waals surface area contributed by atoms with Crippen molar-refractivity contribution in [2.45, 2.75) is 12.4 Å². The van der Waals surface area contributed by atoms with Gasteiger partial charge in [0.1, 0.15) is 28.0 Å². The third-order valence-electron chi connectivity index (χ3n) is 4.52. The molecular weight excluding hydrogens is 442 g/mol. The average molecular weight is 452 g/mol. The Morgan fingerprint density at radius 2 is 1.28 bits per heavy atom. The molecule has 0 aliphatic rings. The Hall–Kier alpha value is -3.89. The molecule has 4 rings (SSSR count). The van der Waals surface area contributed by atoms with E-state index in [9.17, 15) is 36.2 Å². The van der Waals surface area contributed by atoms with E-state index in [1.807, 2.05) is 0 Å². The van der Waals surface area contributed by atoms with Crippen molar-refractivity contribution in [3.05, 3.63) is 71.5 Å². The van der Waals surface area contributed by atoms with Crippen LogP contribution >= 0.6 is 0 Å². The Morgan fingerprint density at radius 1 is 0.750 bits per heavy atom. The number of halogens is 6. The molecule has 4 aromatic rings. The number of ether oxygens (including phenoxy) is 1. The number of alkyl halides is 6. The minimum atomic E-state index is -4.78. The van der Waals surface area contributed by atoms with Crippen molar-refractivity contribution in [2.75, 3.05) is 0 Å². The number of aromatic nitrogens is 2. The molecule has 0 saturated carbocycles. The van der Waals surface area contributed by atoms with Crippen LogP contribution in [0.5, 0.6) is 11.5 Å². The highest BCUT2D eigenvalue weighted by atomic mass is 19.4. The second-order valence-corrected chi connectivity index (χ2v) is 6.64. The van der Waals surface area contributed by atoms with Gasteiger partial charge in [0, 0.05) is 10.8 Å². The summed E-state index contributed by atoms with van der Waals surface area (Å²) in [6.45, 7) is 0. The molecular formula is C21H10F6N2O3. The lowest BCUT2D eigenvalue weighted by atomic mass is 10.1. The van der Waals surface area contributed by atoms with Gasteiger partial charge in [-0.05, 0) is 24.3 Å². The normalized spacial score (nSPS) is 12.3. The summed E-state index contributed by atoms with van der Waals surface area (Å²) in [5, 5.41) is 10.7. The first-order valence-electron chi connectivity index (χ1n) is 8.84. The SMILES string of the molecule is O=C(Oc1cccc2ccc(C(F)(F)F)nc12)c1ccc2ccc(C(F)(F)F)nc2c1O. The second kappa shape index (κ2) is 7.36. The number of phenols is 1. The summed E-state index contributed by atoms with van der Waals surface area (Å²) >= 11 is 0. The number of hydrogen-bond acceptors (Lipinski definition) is 5. The van der Waals surface area contributed by atoms with Gasteiger partial charge in [-0.15, -0.1) is 0 Å². The number of esters is 1. The van der Waals surface area contributed by atoms with Crippen LogP contribution in [0.2, 0.25) is 0 Å². The van der Waals surface area contributed by atoms with Crippen molar-refractivity contribution in [2.24, 2.45) is 0 Å². The zero-order chi connectivity index (χ0) is 23.3. The van der Waals surface area contributed by atoms with E-state index in [0.717, 1.165) is 30.3 Å². The molecule has 0 aliphatic carbocycles. The molecule has 32 heavy (non-hydrogen) atoms. The molecule has 11 heteroatoms. The predicted molar refractivity (Wildman–Crippen MR) is 100 cm³/mol. The molecule has 5 nitrogen and oxygen atoms in total. The lowest BCUT2D eigenvalue weighted by molar-refractivity contribution is -0.141. The monoisotopic (exact) mass is 452 g/mol. The minimum Gasteiger partial charge on any atom is -0.505 e. The number of phenolic OH excluding ortho intramolecular Hbond substituents is 1. The van der Waals surface area contributed by atoms with Gasteiger partial charge in [-0.1, -0.05) is 30.3 Å². The van der Waals surface area contributed by atoms with Gasteiger partial charge >= 0.3 is 18.3 Å². The molecule has 0 aliphatic heterocycles. The van der Waals surface area contributed by atoms with E-state index in [2.05, 4.69) is 9.97 Å². The van der Waals surface area contributed by atoms with Crippen LogP contribution in [0.25, 0.3) is 21.8 Å². The fourth-order valence-corrected chi connectivity index (χ4v) is 3.01. The number of carbonyl (C=O) groups excluding carboxylic acids is 1. The Labute approximate surface area is 174 Å². The van der Waals surface area contributed by atoms with E-state index < -0.39 is 46.5 Å². The first-order valence-corrected chi connectivity index (χ1v) is 8.84. The first-order chi connectivity index (χ1) is 14.9. The number of carbonyl (C=O) groups is 1. The Morgan fingerprint density at radius 3 is 1.88 bits per heavy atom. The molecule has 2 aromatic heterocycles. The largest absolute Gasteiger partial charge is 0.505 e. The molecule has 0 spiro atoms. The maximum absolute atomic E-state index is 13.0. The topological polar surface area (TPSA) is 72.3 Å². The van der Waals surface area contributed by atoms with Crippen LogP contribution in [0.1, 0.15) is 21.7 Å². The van der Waals surface area contributed by atoms with Gasteiger partial charge in [-0.3, -0.25) is 0 Å². The number of nitrogens with zero attached hydrogens (tertiary/aromatic N) is 2. The molecule has 0 fully saturated rings. The molecule has 2 aromatic carbocycles. The molecule has 2 heterocycles. The number of rotatable bonds is 2. The van der Waals surface area contributed by atoms with Gasteiger partial charge in [0.2, 0.25) is 0 Å². The quantitative estimate of drug-likeness (QED) is 0.238. The van der Waals surface area contributed by atoms with Crippen LogP contribution < -0.4 is 4.74 Å². The number of benzene rings is 2. The van der Waals surface area contributed by atoms with E-state index in [1.165, 1.54) is 24.3 Å². The molecule has 0 radical (unpaired) electrons. The molecule has 0 atom stereocenters. The standard InChI is InChI=1S/C21H10F6N2O3/c22-20(23,24)14-8-5-10-2-1-3-13(16(10)28-14)32-19(31)12-7-4-11-6-9-15(21(25,26)27)29-17(11)18(12)30/h1-9,30H. The summed E-state index contributed by atoms with van der Waals surface area (Å²) in [4.78, 5) is 19.5. The number of hydrogen-bond donors (Lipinski definition) is 1. The Balaban J connectivity index is 1.76. The zero-order valence-electron chi connectivity index (χ0n) is 15.6. The molecule has 1 N–H and O–H groups in total. The van der Waals surface area contributed by atoms with Crippen molar-refractivity contribution < 1.29 is 41.0 Å². The molecule has 0 bridgehead atoms. The van der Waals surface area contributed by atoms with E-state index >= 15 is 0 Å². The number of para-hydroxylation sites is 1. The van der Waals surface area contributed by atoms with Crippen molar-refractivity contribution in [3.63, 3.8) is 0 Å². The van der Waals surface area contributed by atoms with Crippen molar-refractivity contribution in [1.29, 1.82) is 0 Å². The molecule has 0 unspecified atom stereocenters. The number of fused-ring (bicyclic) bond motifs is 2. The van der Waals surface area contributed by atoms with Crippen molar-refractivity contribution in [3.8, 4) is 11.5 Å². The summed E-state index contributed by atoms with van der Waals surface area (Å²) in [6, 6.07) is 10.1. The predicted octanol–water partition coefficient (Wildman–Crippen LogP) is 5.75. The highest BCUT2D eigenvalue weighted by molar-refractivity contribution is 6.01. The van der Waals surface area contributed by atoms with E-state index in [1.54, 1.807) is 0 Å². The minimum absolute atomic E-state index is 0.133. The fraction of sp³-hybridized carbons (Fsp3) is 0.0952. The fourth-order valence-electron chi connectivity index (χ4n) is 3.01. The van der Waals surface area contributed by atoms with Gasteiger partial charge in [-0.2, -0.15) is 26.3 Å². The maximum atomic E-state index is 13.0. The van der Waals surface area contributed by atoms with Gasteiger partial charge in [0.05, 0.1) is 0 Å². The maximum Gasteiger partial charge on any atom is 0.433 e. The smallest absolute Gasteiger partial charge is 0.433 e. The molecule has 164 valence electrons. The molecule has 0 amide bonds. The van der Waals surface area contributed by atoms with Crippen LogP contribution in [0, 0.1) is 0 Å². The van der Waals surface area contributed by atoms with Crippen LogP contribution in [-0.4, -0.2) is 21.0 Å². The average Bonchev–Trinajstić information content (AvgIpc) is 2.72. The summed E-state index contributed by atoms with van der Waals surface area (Å²) < 4.78 is 82.9. The summed E-state index contributed by atoms with van der Waals surface area (Å²) in [6.07, 6.45) is -9.51. The Bertz CT molecular complexity index is 1370. The van der Waals surface area contributed by atoms with Crippen LogP contribution in [0.15, 0.2) is 54.6 Å². The molecule has 0 saturated heterocycles. The van der Waals surface area contributed by atoms with Gasteiger partial charge in [0.15, 0.2) is 11.5 Å². The third kappa shape index (κ3) is 3.88. The van der Waals surface area contributed by atoms with Crippen molar-refractivity contribution in [1.82, 2.24) is 9.97 Å². The van der Waals surface area contributed by atoms with Gasteiger partial charge in [0.25, 0.3) is 0 Å².